The molecule has 0 saturated carbocycles. The van der Waals surface area contributed by atoms with Crippen LogP contribution in [-0.4, -0.2) is 49.5 Å². The number of hydrogen-bond donors (Lipinski definition) is 1. The first-order chi connectivity index (χ1) is 16.1. The molecule has 2 aromatic carbocycles. The molecule has 0 heterocycles. The van der Waals surface area contributed by atoms with E-state index in [0.29, 0.717) is 32.2 Å². The van der Waals surface area contributed by atoms with E-state index in [0.717, 1.165) is 10.6 Å². The van der Waals surface area contributed by atoms with Crippen LogP contribution in [0.5, 0.6) is 0 Å². The topological polar surface area (TPSA) is 86.8 Å². The Balaban J connectivity index is 2.51. The number of rotatable bonds is 9. The van der Waals surface area contributed by atoms with Gasteiger partial charge in [-0.15, -0.1) is 0 Å². The second-order valence-electron chi connectivity index (χ2n) is 9.14. The summed E-state index contributed by atoms with van der Waals surface area (Å²) in [5, 5.41) is 3.69. The van der Waals surface area contributed by atoms with Gasteiger partial charge >= 0.3 is 0 Å². The number of halogens is 3. The molecule has 0 aliphatic rings. The Morgan fingerprint density at radius 3 is 2.26 bits per heavy atom. The third kappa shape index (κ3) is 8.37. The fourth-order valence-electron chi connectivity index (χ4n) is 3.45. The van der Waals surface area contributed by atoms with E-state index in [1.807, 2.05) is 20.8 Å². The van der Waals surface area contributed by atoms with Crippen LogP contribution in [0.2, 0.25) is 10.0 Å². The van der Waals surface area contributed by atoms with Crippen molar-refractivity contribution in [2.24, 2.45) is 0 Å². The van der Waals surface area contributed by atoms with Crippen LogP contribution in [0.25, 0.3) is 0 Å². The summed E-state index contributed by atoms with van der Waals surface area (Å²) in [6, 6.07) is 10.7. The molecule has 11 heteroatoms. The number of carbonyl (C=O) groups excluding carboxylic acids is 2. The quantitative estimate of drug-likeness (QED) is 0.423. The van der Waals surface area contributed by atoms with Gasteiger partial charge in [0.25, 0.3) is 0 Å². The molecular weight excluding hydrogens is 577 g/mol. The first-order valence-corrected chi connectivity index (χ1v) is 14.3. The monoisotopic (exact) mass is 605 g/mol. The van der Waals surface area contributed by atoms with Crippen molar-refractivity contribution in [1.82, 2.24) is 10.2 Å². The summed E-state index contributed by atoms with van der Waals surface area (Å²) in [6.45, 7) is 6.83. The van der Waals surface area contributed by atoms with Gasteiger partial charge in [0.05, 0.1) is 11.9 Å². The zero-order valence-corrected chi connectivity index (χ0v) is 24.2. The standard InChI is InChI=1S/C24H30BrCl2N3O4S/c1-6-20(23(32)28-24(2,3)4)29(14-16-11-12-17(26)13-19(16)27)22(31)15-30(35(5,33)34)21-10-8-7-9-18(21)25/h7-13,20H,6,14-15H2,1-5H3,(H,28,32)/t20-/m0/s1. The van der Waals surface area contributed by atoms with Gasteiger partial charge < -0.3 is 10.2 Å². The van der Waals surface area contributed by atoms with Crippen LogP contribution >= 0.6 is 39.1 Å². The lowest BCUT2D eigenvalue weighted by atomic mass is 10.1. The van der Waals surface area contributed by atoms with E-state index >= 15 is 0 Å². The van der Waals surface area contributed by atoms with Crippen molar-refractivity contribution in [3.8, 4) is 0 Å². The van der Waals surface area contributed by atoms with E-state index in [4.69, 9.17) is 23.2 Å². The van der Waals surface area contributed by atoms with Crippen LogP contribution in [0.1, 0.15) is 39.7 Å². The Hall–Kier alpha value is -1.81. The third-order valence-electron chi connectivity index (χ3n) is 5.04. The van der Waals surface area contributed by atoms with Gasteiger partial charge in [0.1, 0.15) is 12.6 Å². The van der Waals surface area contributed by atoms with E-state index in [1.54, 1.807) is 49.4 Å². The Kier molecular flexibility index (Phi) is 10.0. The number of carbonyl (C=O) groups is 2. The Morgan fingerprint density at radius 2 is 1.74 bits per heavy atom. The molecule has 0 fully saturated rings. The van der Waals surface area contributed by atoms with E-state index in [2.05, 4.69) is 21.2 Å². The van der Waals surface area contributed by atoms with E-state index < -0.39 is 34.1 Å². The largest absolute Gasteiger partial charge is 0.350 e. The summed E-state index contributed by atoms with van der Waals surface area (Å²) in [7, 11) is -3.83. The molecule has 2 amide bonds. The SMILES string of the molecule is CC[C@@H](C(=O)NC(C)(C)C)N(Cc1ccc(Cl)cc1Cl)C(=O)CN(c1ccccc1Br)S(C)(=O)=O. The molecule has 0 unspecified atom stereocenters. The number of nitrogens with one attached hydrogen (secondary N) is 1. The average molecular weight is 607 g/mol. The van der Waals surface area contributed by atoms with Gasteiger partial charge in [-0.3, -0.25) is 13.9 Å². The molecule has 0 aromatic heterocycles. The molecular formula is C24H30BrCl2N3O4S. The minimum atomic E-state index is -3.83. The second kappa shape index (κ2) is 12.0. The number of hydrogen-bond acceptors (Lipinski definition) is 4. The Bertz CT molecular complexity index is 1190. The molecule has 2 rings (SSSR count). The lowest BCUT2D eigenvalue weighted by Crippen LogP contribution is -2.55. The summed E-state index contributed by atoms with van der Waals surface area (Å²) in [4.78, 5) is 28.2. The number of nitrogens with zero attached hydrogens (tertiary/aromatic N) is 2. The van der Waals surface area contributed by atoms with Gasteiger partial charge in [0.15, 0.2) is 0 Å². The molecule has 0 radical (unpaired) electrons. The van der Waals surface area contributed by atoms with Gasteiger partial charge in [-0.05, 0) is 73.0 Å². The van der Waals surface area contributed by atoms with Crippen molar-refractivity contribution < 1.29 is 18.0 Å². The minimum Gasteiger partial charge on any atom is -0.350 e. The van der Waals surface area contributed by atoms with Crippen LogP contribution in [-0.2, 0) is 26.2 Å². The van der Waals surface area contributed by atoms with Gasteiger partial charge in [-0.2, -0.15) is 0 Å². The van der Waals surface area contributed by atoms with Crippen LogP contribution in [0.15, 0.2) is 46.9 Å². The predicted octanol–water partition coefficient (Wildman–Crippen LogP) is 5.24. The number of para-hydroxylation sites is 1. The molecule has 192 valence electrons. The zero-order valence-electron chi connectivity index (χ0n) is 20.3. The maximum atomic E-state index is 13.7. The number of amides is 2. The maximum Gasteiger partial charge on any atom is 0.244 e. The highest BCUT2D eigenvalue weighted by atomic mass is 79.9. The van der Waals surface area contributed by atoms with Crippen molar-refractivity contribution >= 4 is 66.7 Å². The molecule has 0 aliphatic carbocycles. The molecule has 0 aliphatic heterocycles. The highest BCUT2D eigenvalue weighted by Crippen LogP contribution is 2.29. The van der Waals surface area contributed by atoms with Crippen molar-refractivity contribution in [3.05, 3.63) is 62.5 Å². The van der Waals surface area contributed by atoms with Gasteiger partial charge in [0, 0.05) is 26.6 Å². The molecule has 1 N–H and O–H groups in total. The van der Waals surface area contributed by atoms with Crippen molar-refractivity contribution in [3.63, 3.8) is 0 Å². The molecule has 0 saturated heterocycles. The summed E-state index contributed by atoms with van der Waals surface area (Å²) >= 11 is 15.8. The first-order valence-electron chi connectivity index (χ1n) is 10.9. The average Bonchev–Trinajstić information content (AvgIpc) is 2.71. The van der Waals surface area contributed by atoms with Crippen LogP contribution in [0.4, 0.5) is 5.69 Å². The smallest absolute Gasteiger partial charge is 0.244 e. The van der Waals surface area contributed by atoms with Crippen molar-refractivity contribution in [1.29, 1.82) is 0 Å². The summed E-state index contributed by atoms with van der Waals surface area (Å²) in [6.07, 6.45) is 1.34. The molecule has 0 spiro atoms. The maximum absolute atomic E-state index is 13.7. The predicted molar refractivity (Wildman–Crippen MR) is 145 cm³/mol. The lowest BCUT2D eigenvalue weighted by molar-refractivity contribution is -0.141. The third-order valence-corrected chi connectivity index (χ3v) is 7.42. The number of anilines is 1. The highest BCUT2D eigenvalue weighted by Gasteiger charge is 2.33. The van der Waals surface area contributed by atoms with Crippen LogP contribution in [0, 0.1) is 0 Å². The minimum absolute atomic E-state index is 0.00152. The fourth-order valence-corrected chi connectivity index (χ4v) is 5.40. The van der Waals surface area contributed by atoms with E-state index in [-0.39, 0.29) is 12.5 Å². The molecule has 1 atom stereocenters. The fraction of sp³-hybridized carbons (Fsp3) is 0.417. The van der Waals surface area contributed by atoms with Crippen molar-refractivity contribution in [2.45, 2.75) is 52.2 Å². The summed E-state index contributed by atoms with van der Waals surface area (Å²) in [5.41, 5.74) is 0.378. The van der Waals surface area contributed by atoms with E-state index in [9.17, 15) is 18.0 Å². The van der Waals surface area contributed by atoms with Gasteiger partial charge in [-0.1, -0.05) is 48.3 Å². The Morgan fingerprint density at radius 1 is 1.11 bits per heavy atom. The Labute approximate surface area is 225 Å². The lowest BCUT2D eigenvalue weighted by Gasteiger charge is -2.34. The van der Waals surface area contributed by atoms with Crippen LogP contribution < -0.4 is 9.62 Å². The highest BCUT2D eigenvalue weighted by molar-refractivity contribution is 9.10. The van der Waals surface area contributed by atoms with Gasteiger partial charge in [-0.25, -0.2) is 8.42 Å². The summed E-state index contributed by atoms with van der Waals surface area (Å²) < 4.78 is 26.9. The normalized spacial score (nSPS) is 12.7. The number of sulfonamides is 1. The summed E-state index contributed by atoms with van der Waals surface area (Å²) in [5.74, 6) is -0.890. The molecule has 35 heavy (non-hydrogen) atoms. The van der Waals surface area contributed by atoms with Crippen molar-refractivity contribution in [2.75, 3.05) is 17.1 Å². The zero-order chi connectivity index (χ0) is 26.6. The van der Waals surface area contributed by atoms with Crippen LogP contribution in [0.3, 0.4) is 0 Å². The van der Waals surface area contributed by atoms with E-state index in [1.165, 1.54) is 4.90 Å². The number of benzene rings is 2. The molecule has 2 aromatic rings. The molecule has 7 nitrogen and oxygen atoms in total. The molecule has 0 bridgehead atoms. The first kappa shape index (κ1) is 29.4. The second-order valence-corrected chi connectivity index (χ2v) is 12.7. The van der Waals surface area contributed by atoms with Gasteiger partial charge in [0.2, 0.25) is 21.8 Å².